The van der Waals surface area contributed by atoms with Gasteiger partial charge in [-0.1, -0.05) is 29.8 Å². The van der Waals surface area contributed by atoms with Gasteiger partial charge < -0.3 is 4.74 Å². The lowest BCUT2D eigenvalue weighted by atomic mass is 10.1. The Kier molecular flexibility index (Phi) is 4.20. The van der Waals surface area contributed by atoms with E-state index in [1.54, 1.807) is 50.4 Å². The Morgan fingerprint density at radius 2 is 1.54 bits per heavy atom. The first-order chi connectivity index (χ1) is 11.4. The molecule has 1 heterocycles. The molecule has 0 aliphatic heterocycles. The molecule has 0 aliphatic carbocycles. The molecule has 0 saturated carbocycles. The standard InChI is InChI=1S/C19H19NO3S/c1-14-8-11-16(12-9-14)24(21,22)20-15(2)10-13-18(20)17-6-4-5-7-19(17)23-3/h4-13H,1-3H3. The minimum absolute atomic E-state index is 0.267. The summed E-state index contributed by atoms with van der Waals surface area (Å²) in [4.78, 5) is 0.267. The topological polar surface area (TPSA) is 48.3 Å². The number of hydrogen-bond donors (Lipinski definition) is 0. The summed E-state index contributed by atoms with van der Waals surface area (Å²) >= 11 is 0. The molecule has 5 heteroatoms. The molecule has 124 valence electrons. The van der Waals surface area contributed by atoms with Crippen LogP contribution in [0.2, 0.25) is 0 Å². The van der Waals surface area contributed by atoms with Crippen LogP contribution >= 0.6 is 0 Å². The van der Waals surface area contributed by atoms with Crippen LogP contribution in [-0.2, 0) is 10.0 Å². The lowest BCUT2D eigenvalue weighted by Gasteiger charge is -2.15. The van der Waals surface area contributed by atoms with E-state index in [1.165, 1.54) is 3.97 Å². The zero-order valence-electron chi connectivity index (χ0n) is 13.9. The van der Waals surface area contributed by atoms with Crippen LogP contribution in [0, 0.1) is 13.8 Å². The van der Waals surface area contributed by atoms with E-state index in [1.807, 2.05) is 31.2 Å². The second-order valence-electron chi connectivity index (χ2n) is 5.64. The molecule has 2 aromatic carbocycles. The van der Waals surface area contributed by atoms with Gasteiger partial charge in [0.2, 0.25) is 0 Å². The Labute approximate surface area is 142 Å². The van der Waals surface area contributed by atoms with E-state index in [0.717, 1.165) is 11.1 Å². The monoisotopic (exact) mass is 341 g/mol. The number of aryl methyl sites for hydroxylation is 2. The van der Waals surface area contributed by atoms with Crippen molar-refractivity contribution in [2.45, 2.75) is 18.7 Å². The quantitative estimate of drug-likeness (QED) is 0.720. The number of ether oxygens (including phenoxy) is 1. The Hall–Kier alpha value is -2.53. The third-order valence-corrected chi connectivity index (χ3v) is 5.80. The van der Waals surface area contributed by atoms with Crippen LogP contribution in [-0.4, -0.2) is 19.5 Å². The number of benzene rings is 2. The maximum Gasteiger partial charge on any atom is 0.268 e. The molecule has 0 N–H and O–H groups in total. The van der Waals surface area contributed by atoms with E-state index >= 15 is 0 Å². The maximum absolute atomic E-state index is 13.1. The molecular formula is C19H19NO3S. The molecule has 0 spiro atoms. The number of methoxy groups -OCH3 is 1. The molecule has 0 unspecified atom stereocenters. The molecule has 0 saturated heterocycles. The number of rotatable bonds is 4. The Morgan fingerprint density at radius 3 is 2.21 bits per heavy atom. The van der Waals surface area contributed by atoms with Gasteiger partial charge in [0.05, 0.1) is 17.7 Å². The number of para-hydroxylation sites is 1. The van der Waals surface area contributed by atoms with Crippen molar-refractivity contribution in [1.82, 2.24) is 3.97 Å². The lowest BCUT2D eigenvalue weighted by Crippen LogP contribution is -2.15. The first-order valence-corrected chi connectivity index (χ1v) is 9.03. The average molecular weight is 341 g/mol. The fourth-order valence-electron chi connectivity index (χ4n) is 2.72. The van der Waals surface area contributed by atoms with Gasteiger partial charge in [0, 0.05) is 11.3 Å². The second-order valence-corrected chi connectivity index (χ2v) is 7.43. The van der Waals surface area contributed by atoms with Gasteiger partial charge in [-0.3, -0.25) is 0 Å². The van der Waals surface area contributed by atoms with Gasteiger partial charge in [-0.2, -0.15) is 0 Å². The highest BCUT2D eigenvalue weighted by atomic mass is 32.2. The fourth-order valence-corrected chi connectivity index (χ4v) is 4.26. The van der Waals surface area contributed by atoms with Crippen LogP contribution < -0.4 is 4.74 Å². The predicted molar refractivity (Wildman–Crippen MR) is 94.9 cm³/mol. The molecule has 3 rings (SSSR count). The Morgan fingerprint density at radius 1 is 0.875 bits per heavy atom. The molecule has 4 nitrogen and oxygen atoms in total. The molecule has 0 atom stereocenters. The van der Waals surface area contributed by atoms with Gasteiger partial charge in [-0.25, -0.2) is 12.4 Å². The smallest absolute Gasteiger partial charge is 0.268 e. The Balaban J connectivity index is 2.23. The van der Waals surface area contributed by atoms with Crippen LogP contribution in [0.4, 0.5) is 0 Å². The summed E-state index contributed by atoms with van der Waals surface area (Å²) in [6.07, 6.45) is 0. The van der Waals surface area contributed by atoms with Crippen molar-refractivity contribution >= 4 is 10.0 Å². The highest BCUT2D eigenvalue weighted by molar-refractivity contribution is 7.90. The van der Waals surface area contributed by atoms with E-state index in [2.05, 4.69) is 0 Å². The minimum Gasteiger partial charge on any atom is -0.496 e. The summed E-state index contributed by atoms with van der Waals surface area (Å²) in [5.41, 5.74) is 2.99. The van der Waals surface area contributed by atoms with Gasteiger partial charge in [-0.05, 0) is 50.2 Å². The highest BCUT2D eigenvalue weighted by Crippen LogP contribution is 2.33. The van der Waals surface area contributed by atoms with Crippen molar-refractivity contribution in [2.24, 2.45) is 0 Å². The zero-order valence-corrected chi connectivity index (χ0v) is 14.7. The SMILES string of the molecule is COc1ccccc1-c1ccc(C)n1S(=O)(=O)c1ccc(C)cc1. The molecule has 0 radical (unpaired) electrons. The molecule has 0 amide bonds. The molecule has 0 bridgehead atoms. The van der Waals surface area contributed by atoms with Crippen molar-refractivity contribution in [3.8, 4) is 17.0 Å². The average Bonchev–Trinajstić information content (AvgIpc) is 2.97. The molecule has 1 aromatic heterocycles. The molecule has 0 aliphatic rings. The van der Waals surface area contributed by atoms with Crippen LogP contribution in [0.25, 0.3) is 11.3 Å². The van der Waals surface area contributed by atoms with Crippen LogP contribution in [0.15, 0.2) is 65.6 Å². The van der Waals surface area contributed by atoms with Crippen LogP contribution in [0.5, 0.6) is 5.75 Å². The lowest BCUT2D eigenvalue weighted by molar-refractivity contribution is 0.416. The maximum atomic E-state index is 13.1. The van der Waals surface area contributed by atoms with Gasteiger partial charge in [0.25, 0.3) is 10.0 Å². The van der Waals surface area contributed by atoms with Crippen LogP contribution in [0.1, 0.15) is 11.3 Å². The van der Waals surface area contributed by atoms with Crippen molar-refractivity contribution in [3.63, 3.8) is 0 Å². The first-order valence-electron chi connectivity index (χ1n) is 7.59. The molecule has 0 fully saturated rings. The van der Waals surface area contributed by atoms with Crippen molar-refractivity contribution < 1.29 is 13.2 Å². The van der Waals surface area contributed by atoms with Crippen molar-refractivity contribution in [2.75, 3.05) is 7.11 Å². The molecule has 24 heavy (non-hydrogen) atoms. The third-order valence-electron chi connectivity index (χ3n) is 3.96. The van der Waals surface area contributed by atoms with Crippen LogP contribution in [0.3, 0.4) is 0 Å². The normalized spacial score (nSPS) is 11.5. The van der Waals surface area contributed by atoms with E-state index in [9.17, 15) is 8.42 Å². The van der Waals surface area contributed by atoms with Crippen molar-refractivity contribution in [3.05, 3.63) is 71.9 Å². The fraction of sp³-hybridized carbons (Fsp3) is 0.158. The van der Waals surface area contributed by atoms with Gasteiger partial charge >= 0.3 is 0 Å². The van der Waals surface area contributed by atoms with E-state index < -0.39 is 10.0 Å². The van der Waals surface area contributed by atoms with E-state index in [-0.39, 0.29) is 4.90 Å². The molecule has 3 aromatic rings. The Bertz CT molecular complexity index is 970. The first kappa shape index (κ1) is 16.3. The summed E-state index contributed by atoms with van der Waals surface area (Å²) in [6.45, 7) is 3.71. The van der Waals surface area contributed by atoms with Crippen molar-refractivity contribution in [1.29, 1.82) is 0 Å². The largest absolute Gasteiger partial charge is 0.496 e. The predicted octanol–water partition coefficient (Wildman–Crippen LogP) is 4.02. The summed E-state index contributed by atoms with van der Waals surface area (Å²) in [5.74, 6) is 0.635. The molecular weight excluding hydrogens is 322 g/mol. The van der Waals surface area contributed by atoms with Gasteiger partial charge in [0.15, 0.2) is 0 Å². The van der Waals surface area contributed by atoms with E-state index in [0.29, 0.717) is 17.1 Å². The van der Waals surface area contributed by atoms with Gasteiger partial charge in [-0.15, -0.1) is 0 Å². The number of nitrogens with zero attached hydrogens (tertiary/aromatic N) is 1. The third kappa shape index (κ3) is 2.71. The number of hydrogen-bond acceptors (Lipinski definition) is 3. The summed E-state index contributed by atoms with van der Waals surface area (Å²) in [6, 6.07) is 17.9. The number of aromatic nitrogens is 1. The highest BCUT2D eigenvalue weighted by Gasteiger charge is 2.23. The van der Waals surface area contributed by atoms with Gasteiger partial charge in [0.1, 0.15) is 5.75 Å². The summed E-state index contributed by atoms with van der Waals surface area (Å²) in [5, 5.41) is 0. The minimum atomic E-state index is -3.69. The zero-order chi connectivity index (χ0) is 17.3. The van der Waals surface area contributed by atoms with E-state index in [4.69, 9.17) is 4.74 Å². The summed E-state index contributed by atoms with van der Waals surface area (Å²) in [7, 11) is -2.11. The summed E-state index contributed by atoms with van der Waals surface area (Å²) < 4.78 is 33.0. The second kappa shape index (κ2) is 6.17.